The van der Waals surface area contributed by atoms with Gasteiger partial charge in [0.2, 0.25) is 0 Å². The van der Waals surface area contributed by atoms with Crippen LogP contribution >= 0.6 is 11.6 Å². The molecule has 0 saturated heterocycles. The van der Waals surface area contributed by atoms with Crippen LogP contribution in [0.3, 0.4) is 0 Å². The molecule has 2 N–H and O–H groups in total. The van der Waals surface area contributed by atoms with Crippen molar-refractivity contribution in [1.82, 2.24) is 0 Å². The summed E-state index contributed by atoms with van der Waals surface area (Å²) in [4.78, 5) is 11.9. The van der Waals surface area contributed by atoms with Gasteiger partial charge in [0.15, 0.2) is 0 Å². The van der Waals surface area contributed by atoms with Gasteiger partial charge in [-0.15, -0.1) is 0 Å². The van der Waals surface area contributed by atoms with Gasteiger partial charge in [0.25, 0.3) is 5.91 Å². The van der Waals surface area contributed by atoms with Gasteiger partial charge in [-0.1, -0.05) is 29.8 Å². The van der Waals surface area contributed by atoms with Crippen molar-refractivity contribution >= 4 is 34.8 Å². The smallest absolute Gasteiger partial charge is 0.256 e. The van der Waals surface area contributed by atoms with Crippen LogP contribution in [-0.4, -0.2) is 11.0 Å². The molecule has 1 aliphatic heterocycles. The van der Waals surface area contributed by atoms with E-state index < -0.39 is 0 Å². The van der Waals surface area contributed by atoms with E-state index in [9.17, 15) is 9.90 Å². The van der Waals surface area contributed by atoms with Crippen molar-refractivity contribution in [3.8, 4) is 5.75 Å². The van der Waals surface area contributed by atoms with Gasteiger partial charge in [0, 0.05) is 16.2 Å². The Morgan fingerprint density at radius 2 is 1.84 bits per heavy atom. The van der Waals surface area contributed by atoms with Crippen LogP contribution < -0.4 is 5.32 Å². The molecule has 2 aromatic carbocycles. The normalized spacial score (nSPS) is 15.4. The average Bonchev–Trinajstić information content (AvgIpc) is 2.68. The maximum Gasteiger partial charge on any atom is 0.256 e. The summed E-state index contributed by atoms with van der Waals surface area (Å²) in [5.41, 5.74) is 3.01. The maximum atomic E-state index is 11.9. The Hall–Kier alpha value is -2.26. The van der Waals surface area contributed by atoms with E-state index in [0.29, 0.717) is 10.6 Å². The van der Waals surface area contributed by atoms with E-state index in [4.69, 9.17) is 11.6 Å². The third-order valence-electron chi connectivity index (χ3n) is 2.97. The van der Waals surface area contributed by atoms with E-state index in [0.717, 1.165) is 16.8 Å². The third kappa shape index (κ3) is 2.20. The number of rotatable bonds is 1. The largest absolute Gasteiger partial charge is 0.508 e. The predicted molar refractivity (Wildman–Crippen MR) is 76.1 cm³/mol. The summed E-state index contributed by atoms with van der Waals surface area (Å²) in [5.74, 6) is 0.0514. The second kappa shape index (κ2) is 4.44. The fourth-order valence-electron chi connectivity index (χ4n) is 2.05. The second-order valence-electron chi connectivity index (χ2n) is 4.29. The number of anilines is 1. The second-order valence-corrected chi connectivity index (χ2v) is 4.73. The highest BCUT2D eigenvalue weighted by Gasteiger charge is 2.23. The number of carbonyl (C=O) groups is 1. The number of hydrogen-bond acceptors (Lipinski definition) is 2. The number of fused-ring (bicyclic) bond motifs is 1. The van der Waals surface area contributed by atoms with Crippen LogP contribution in [0.25, 0.3) is 11.6 Å². The minimum atomic E-state index is -0.148. The summed E-state index contributed by atoms with van der Waals surface area (Å²) < 4.78 is 0. The van der Waals surface area contributed by atoms with E-state index in [1.807, 2.05) is 6.07 Å². The first-order valence-corrected chi connectivity index (χ1v) is 6.13. The van der Waals surface area contributed by atoms with Crippen LogP contribution in [0.1, 0.15) is 11.1 Å². The number of halogens is 1. The van der Waals surface area contributed by atoms with Gasteiger partial charge in [-0.3, -0.25) is 4.79 Å². The highest BCUT2D eigenvalue weighted by molar-refractivity contribution is 6.36. The van der Waals surface area contributed by atoms with E-state index in [-0.39, 0.29) is 11.7 Å². The quantitative estimate of drug-likeness (QED) is 0.780. The minimum absolute atomic E-state index is 0.148. The van der Waals surface area contributed by atoms with E-state index in [1.165, 1.54) is 0 Å². The molecule has 0 spiro atoms. The van der Waals surface area contributed by atoms with Gasteiger partial charge in [-0.2, -0.15) is 0 Å². The number of benzene rings is 2. The topological polar surface area (TPSA) is 49.3 Å². The van der Waals surface area contributed by atoms with Gasteiger partial charge < -0.3 is 10.4 Å². The lowest BCUT2D eigenvalue weighted by Gasteiger charge is -1.99. The number of amides is 1. The van der Waals surface area contributed by atoms with Gasteiger partial charge in [-0.05, 0) is 35.9 Å². The van der Waals surface area contributed by atoms with Gasteiger partial charge >= 0.3 is 0 Å². The molecule has 94 valence electrons. The fraction of sp³-hybridized carbons (Fsp3) is 0. The summed E-state index contributed by atoms with van der Waals surface area (Å²) in [6.45, 7) is 0. The molecular formula is C15H10ClNO2. The van der Waals surface area contributed by atoms with E-state index in [2.05, 4.69) is 5.32 Å². The number of aromatic hydroxyl groups is 1. The number of nitrogens with one attached hydrogen (secondary N) is 1. The number of carbonyl (C=O) groups excluding carboxylic acids is 1. The molecule has 2 aromatic rings. The SMILES string of the molecule is O=C1Nc2cc(Cl)ccc2C1=Cc1ccc(O)cc1. The molecule has 0 aliphatic carbocycles. The highest BCUT2D eigenvalue weighted by Crippen LogP contribution is 2.34. The molecule has 3 nitrogen and oxygen atoms in total. The van der Waals surface area contributed by atoms with Crippen LogP contribution in [0.15, 0.2) is 42.5 Å². The number of phenols is 1. The van der Waals surface area contributed by atoms with Crippen molar-refractivity contribution in [2.75, 3.05) is 5.32 Å². The summed E-state index contributed by atoms with van der Waals surface area (Å²) >= 11 is 5.90. The zero-order chi connectivity index (χ0) is 13.4. The average molecular weight is 272 g/mol. The monoisotopic (exact) mass is 271 g/mol. The molecule has 1 amide bonds. The molecule has 0 radical (unpaired) electrons. The molecule has 0 unspecified atom stereocenters. The highest BCUT2D eigenvalue weighted by atomic mass is 35.5. The molecule has 0 fully saturated rings. The molecule has 1 aliphatic rings. The van der Waals surface area contributed by atoms with Crippen LogP contribution in [0.5, 0.6) is 5.75 Å². The van der Waals surface area contributed by atoms with Gasteiger partial charge in [-0.25, -0.2) is 0 Å². The van der Waals surface area contributed by atoms with Crippen molar-refractivity contribution in [3.05, 3.63) is 58.6 Å². The van der Waals surface area contributed by atoms with Crippen molar-refractivity contribution in [1.29, 1.82) is 0 Å². The number of phenolic OH excluding ortho intramolecular Hbond substituents is 1. The lowest BCUT2D eigenvalue weighted by atomic mass is 10.0. The molecule has 0 bridgehead atoms. The van der Waals surface area contributed by atoms with E-state index in [1.54, 1.807) is 42.5 Å². The Bertz CT molecular complexity index is 690. The molecule has 0 aromatic heterocycles. The zero-order valence-electron chi connectivity index (χ0n) is 9.85. The van der Waals surface area contributed by atoms with Gasteiger partial charge in [0.1, 0.15) is 5.75 Å². The standard InChI is InChI=1S/C15H10ClNO2/c16-10-3-6-12-13(15(19)17-14(12)8-10)7-9-1-4-11(18)5-2-9/h1-8,18H,(H,17,19). The third-order valence-corrected chi connectivity index (χ3v) is 3.20. The van der Waals surface area contributed by atoms with Crippen molar-refractivity contribution in [3.63, 3.8) is 0 Å². The predicted octanol–water partition coefficient (Wildman–Crippen LogP) is 3.54. The first kappa shape index (κ1) is 11.8. The molecular weight excluding hydrogens is 262 g/mol. The zero-order valence-corrected chi connectivity index (χ0v) is 10.6. The Morgan fingerprint density at radius 1 is 1.11 bits per heavy atom. The van der Waals surface area contributed by atoms with E-state index >= 15 is 0 Å². The summed E-state index contributed by atoms with van der Waals surface area (Å²) in [5, 5.41) is 12.6. The van der Waals surface area contributed by atoms with Crippen molar-refractivity contribution < 1.29 is 9.90 Å². The lowest BCUT2D eigenvalue weighted by molar-refractivity contribution is -0.110. The molecule has 19 heavy (non-hydrogen) atoms. The fourth-order valence-corrected chi connectivity index (χ4v) is 2.22. The molecule has 3 rings (SSSR count). The number of hydrogen-bond donors (Lipinski definition) is 2. The first-order chi connectivity index (χ1) is 9.13. The Morgan fingerprint density at radius 3 is 2.58 bits per heavy atom. The molecule has 0 saturated carbocycles. The summed E-state index contributed by atoms with van der Waals surface area (Å²) in [6.07, 6.45) is 1.79. The maximum absolute atomic E-state index is 11.9. The first-order valence-electron chi connectivity index (χ1n) is 5.75. The van der Waals surface area contributed by atoms with Crippen molar-refractivity contribution in [2.24, 2.45) is 0 Å². The van der Waals surface area contributed by atoms with Crippen LogP contribution in [-0.2, 0) is 4.79 Å². The molecule has 4 heteroatoms. The van der Waals surface area contributed by atoms with Crippen molar-refractivity contribution in [2.45, 2.75) is 0 Å². The summed E-state index contributed by atoms with van der Waals surface area (Å²) in [7, 11) is 0. The van der Waals surface area contributed by atoms with Gasteiger partial charge in [0.05, 0.1) is 5.69 Å². The van der Waals surface area contributed by atoms with Crippen LogP contribution in [0.4, 0.5) is 5.69 Å². The van der Waals surface area contributed by atoms with Crippen LogP contribution in [0, 0.1) is 0 Å². The molecule has 1 heterocycles. The van der Waals surface area contributed by atoms with Crippen LogP contribution in [0.2, 0.25) is 5.02 Å². The lowest BCUT2D eigenvalue weighted by Crippen LogP contribution is -2.03. The Labute approximate surface area is 115 Å². The molecule has 0 atom stereocenters. The minimum Gasteiger partial charge on any atom is -0.508 e. The Kier molecular flexibility index (Phi) is 2.76. The summed E-state index contributed by atoms with van der Waals surface area (Å²) in [6, 6.07) is 12.0. The Balaban J connectivity index is 2.06.